The van der Waals surface area contributed by atoms with Crippen LogP contribution in [0.25, 0.3) is 0 Å². The monoisotopic (exact) mass is 152 g/mol. The summed E-state index contributed by atoms with van der Waals surface area (Å²) in [5.74, 6) is 2.81. The fourth-order valence-corrected chi connectivity index (χ4v) is 2.06. The second kappa shape index (κ2) is 2.43. The predicted octanol–water partition coefficient (Wildman–Crippen LogP) is 1.15. The van der Waals surface area contributed by atoms with Crippen molar-refractivity contribution in [3.05, 3.63) is 12.4 Å². The standard InChI is InChI=1S/C9H16N2/c1-7(10)11-4-2-8-6-9(8)3-5-11/h8-9H,1-6,10H2/t8-,9-/m1/s1. The molecule has 0 bridgehead atoms. The van der Waals surface area contributed by atoms with Gasteiger partial charge in [0, 0.05) is 13.1 Å². The average molecular weight is 152 g/mol. The van der Waals surface area contributed by atoms with Crippen molar-refractivity contribution in [2.75, 3.05) is 13.1 Å². The van der Waals surface area contributed by atoms with Gasteiger partial charge in [-0.05, 0) is 31.1 Å². The summed E-state index contributed by atoms with van der Waals surface area (Å²) in [6.07, 6.45) is 4.15. The van der Waals surface area contributed by atoms with Crippen LogP contribution in [0.3, 0.4) is 0 Å². The number of fused-ring (bicyclic) bond motifs is 1. The first-order chi connectivity index (χ1) is 5.27. The van der Waals surface area contributed by atoms with Crippen molar-refractivity contribution >= 4 is 0 Å². The maximum atomic E-state index is 5.63. The van der Waals surface area contributed by atoms with Gasteiger partial charge in [-0.2, -0.15) is 0 Å². The molecule has 0 aromatic rings. The number of likely N-dealkylation sites (tertiary alicyclic amines) is 1. The van der Waals surface area contributed by atoms with Gasteiger partial charge in [-0.3, -0.25) is 0 Å². The van der Waals surface area contributed by atoms with Crippen molar-refractivity contribution in [1.29, 1.82) is 0 Å². The summed E-state index contributed by atoms with van der Waals surface area (Å²) in [5, 5.41) is 0. The molecule has 2 heteroatoms. The molecule has 1 heterocycles. The molecule has 2 aliphatic rings. The van der Waals surface area contributed by atoms with Crippen LogP contribution in [0.2, 0.25) is 0 Å². The molecule has 0 amide bonds. The maximum absolute atomic E-state index is 5.63. The summed E-state index contributed by atoms with van der Waals surface area (Å²) in [5.41, 5.74) is 5.63. The fourth-order valence-electron chi connectivity index (χ4n) is 2.06. The van der Waals surface area contributed by atoms with E-state index < -0.39 is 0 Å². The zero-order chi connectivity index (χ0) is 7.84. The van der Waals surface area contributed by atoms with Crippen LogP contribution in [0.15, 0.2) is 12.4 Å². The maximum Gasteiger partial charge on any atom is 0.0912 e. The Morgan fingerprint density at radius 3 is 2.27 bits per heavy atom. The first kappa shape index (κ1) is 7.01. The second-order valence-electron chi connectivity index (χ2n) is 3.81. The van der Waals surface area contributed by atoms with E-state index in [0.717, 1.165) is 30.7 Å². The van der Waals surface area contributed by atoms with Gasteiger partial charge in [-0.15, -0.1) is 0 Å². The van der Waals surface area contributed by atoms with Gasteiger partial charge in [0.2, 0.25) is 0 Å². The van der Waals surface area contributed by atoms with Gasteiger partial charge in [0.25, 0.3) is 0 Å². The van der Waals surface area contributed by atoms with E-state index in [9.17, 15) is 0 Å². The summed E-state index contributed by atoms with van der Waals surface area (Å²) < 4.78 is 0. The highest BCUT2D eigenvalue weighted by Crippen LogP contribution is 2.45. The van der Waals surface area contributed by atoms with Gasteiger partial charge in [-0.25, -0.2) is 0 Å². The van der Waals surface area contributed by atoms with E-state index in [1.54, 1.807) is 0 Å². The van der Waals surface area contributed by atoms with E-state index in [1.807, 2.05) is 0 Å². The Hall–Kier alpha value is -0.660. The first-order valence-electron chi connectivity index (χ1n) is 4.46. The van der Waals surface area contributed by atoms with Gasteiger partial charge < -0.3 is 10.6 Å². The Morgan fingerprint density at radius 2 is 1.82 bits per heavy atom. The molecule has 2 N–H and O–H groups in total. The minimum Gasteiger partial charge on any atom is -0.386 e. The Bertz CT molecular complexity index is 164. The van der Waals surface area contributed by atoms with Crippen molar-refractivity contribution in [1.82, 2.24) is 4.90 Å². The summed E-state index contributed by atoms with van der Waals surface area (Å²) in [4.78, 5) is 2.21. The Morgan fingerprint density at radius 1 is 1.27 bits per heavy atom. The number of nitrogens with two attached hydrogens (primary N) is 1. The van der Waals surface area contributed by atoms with Crippen molar-refractivity contribution in [3.8, 4) is 0 Å². The SMILES string of the molecule is C=C(N)N1CC[C@@H]2C[C@H]2CC1. The smallest absolute Gasteiger partial charge is 0.0912 e. The highest BCUT2D eigenvalue weighted by atomic mass is 15.2. The van der Waals surface area contributed by atoms with Crippen molar-refractivity contribution in [2.45, 2.75) is 19.3 Å². The van der Waals surface area contributed by atoms with Crippen LogP contribution >= 0.6 is 0 Å². The Kier molecular flexibility index (Phi) is 1.55. The zero-order valence-corrected chi connectivity index (χ0v) is 6.92. The van der Waals surface area contributed by atoms with Crippen LogP contribution in [0.1, 0.15) is 19.3 Å². The molecule has 2 fully saturated rings. The molecule has 0 aromatic heterocycles. The molecule has 0 unspecified atom stereocenters. The lowest BCUT2D eigenvalue weighted by Gasteiger charge is -2.22. The second-order valence-corrected chi connectivity index (χ2v) is 3.81. The van der Waals surface area contributed by atoms with Gasteiger partial charge in [0.15, 0.2) is 0 Å². The molecule has 1 saturated carbocycles. The van der Waals surface area contributed by atoms with Gasteiger partial charge in [-0.1, -0.05) is 6.58 Å². The van der Waals surface area contributed by atoms with E-state index in [4.69, 9.17) is 5.73 Å². The normalized spacial score (nSPS) is 35.8. The highest BCUT2D eigenvalue weighted by molar-refractivity contribution is 4.95. The zero-order valence-electron chi connectivity index (χ0n) is 6.92. The fraction of sp³-hybridized carbons (Fsp3) is 0.778. The molecule has 1 saturated heterocycles. The van der Waals surface area contributed by atoms with Gasteiger partial charge >= 0.3 is 0 Å². The van der Waals surface area contributed by atoms with E-state index >= 15 is 0 Å². The molecular formula is C9H16N2. The molecule has 0 radical (unpaired) electrons. The molecule has 62 valence electrons. The van der Waals surface area contributed by atoms with E-state index in [-0.39, 0.29) is 0 Å². The van der Waals surface area contributed by atoms with Crippen molar-refractivity contribution in [3.63, 3.8) is 0 Å². The van der Waals surface area contributed by atoms with Gasteiger partial charge in [0.05, 0.1) is 5.82 Å². The first-order valence-corrected chi connectivity index (χ1v) is 4.46. The summed E-state index contributed by atoms with van der Waals surface area (Å²) in [6.45, 7) is 6.03. The number of rotatable bonds is 1. The Labute approximate surface area is 68.1 Å². The van der Waals surface area contributed by atoms with Crippen LogP contribution in [0, 0.1) is 11.8 Å². The lowest BCUT2D eigenvalue weighted by molar-refractivity contribution is 0.342. The van der Waals surface area contributed by atoms with E-state index in [2.05, 4.69) is 11.5 Å². The predicted molar refractivity (Wildman–Crippen MR) is 45.7 cm³/mol. The molecule has 2 rings (SSSR count). The molecule has 1 aliphatic heterocycles. The molecule has 2 nitrogen and oxygen atoms in total. The summed E-state index contributed by atoms with van der Waals surface area (Å²) in [7, 11) is 0. The summed E-state index contributed by atoms with van der Waals surface area (Å²) >= 11 is 0. The van der Waals surface area contributed by atoms with Crippen LogP contribution in [0.4, 0.5) is 0 Å². The molecule has 0 spiro atoms. The number of hydrogen-bond donors (Lipinski definition) is 1. The van der Waals surface area contributed by atoms with Crippen LogP contribution in [-0.2, 0) is 0 Å². The molecular weight excluding hydrogens is 136 g/mol. The quantitative estimate of drug-likeness (QED) is 0.610. The van der Waals surface area contributed by atoms with E-state index in [1.165, 1.54) is 19.3 Å². The molecule has 0 aromatic carbocycles. The number of hydrogen-bond acceptors (Lipinski definition) is 2. The Balaban J connectivity index is 1.91. The summed E-state index contributed by atoms with van der Waals surface area (Å²) in [6, 6.07) is 0. The third-order valence-electron chi connectivity index (χ3n) is 3.01. The van der Waals surface area contributed by atoms with Crippen LogP contribution in [-0.4, -0.2) is 18.0 Å². The lowest BCUT2D eigenvalue weighted by Crippen LogP contribution is -2.28. The van der Waals surface area contributed by atoms with Crippen molar-refractivity contribution in [2.24, 2.45) is 17.6 Å². The topological polar surface area (TPSA) is 29.3 Å². The third-order valence-corrected chi connectivity index (χ3v) is 3.01. The van der Waals surface area contributed by atoms with Crippen LogP contribution in [0.5, 0.6) is 0 Å². The van der Waals surface area contributed by atoms with Gasteiger partial charge in [0.1, 0.15) is 0 Å². The molecule has 1 aliphatic carbocycles. The molecule has 2 atom stereocenters. The average Bonchev–Trinajstić information content (AvgIpc) is 2.60. The number of nitrogens with zero attached hydrogens (tertiary/aromatic N) is 1. The lowest BCUT2D eigenvalue weighted by atomic mass is 10.2. The third kappa shape index (κ3) is 1.35. The minimum atomic E-state index is 0.756. The minimum absolute atomic E-state index is 0.756. The highest BCUT2D eigenvalue weighted by Gasteiger charge is 2.38. The van der Waals surface area contributed by atoms with Crippen molar-refractivity contribution < 1.29 is 0 Å². The molecule has 11 heavy (non-hydrogen) atoms. The largest absolute Gasteiger partial charge is 0.386 e. The van der Waals surface area contributed by atoms with Crippen LogP contribution < -0.4 is 5.73 Å². The van der Waals surface area contributed by atoms with E-state index in [0.29, 0.717) is 0 Å².